The summed E-state index contributed by atoms with van der Waals surface area (Å²) in [4.78, 5) is 9.49. The number of furan rings is 1. The fraction of sp³-hybridized carbons (Fsp3) is 0.111. The summed E-state index contributed by atoms with van der Waals surface area (Å²) in [5.74, 6) is 0.577. The Balaban J connectivity index is 0.000000289. The first-order valence-electron chi connectivity index (χ1n) is 24.7. The fourth-order valence-electron chi connectivity index (χ4n) is 9.56. The van der Waals surface area contributed by atoms with Crippen molar-refractivity contribution in [2.45, 2.75) is 46.4 Å². The van der Waals surface area contributed by atoms with Crippen molar-refractivity contribution < 1.29 is 37.4 Å². The molecule has 0 bridgehead atoms. The molecular formula is C63H47F2IrN3O-2. The van der Waals surface area contributed by atoms with Gasteiger partial charge in [-0.05, 0) is 110 Å². The van der Waals surface area contributed by atoms with Gasteiger partial charge in [0.2, 0.25) is 0 Å². The zero-order valence-electron chi connectivity index (χ0n) is 41.8. The molecule has 0 fully saturated rings. The Morgan fingerprint density at radius 1 is 0.629 bits per heavy atom. The number of rotatable bonds is 7. The van der Waals surface area contributed by atoms with Crippen molar-refractivity contribution in [3.63, 3.8) is 0 Å². The first kappa shape index (κ1) is 42.5. The number of fused-ring (bicyclic) bond motifs is 7. The standard InChI is InChI=1S/C51H38FN2O.C12H9FN.Ir/c1-30(2)40-27-36(32-14-7-5-8-15-32)28-41(31(3)4)48(40)54-49-37-19-12-11-16-33(37)23-25-45(49)53-51(54)39-21-13-20-38-43-26-35-22-24-44(52)47(34-17-9-6-10-18-34)42(35)29-46(43)55-50(38)39;1-9-2-7-12(14-8-9)10-3-5-11(13)6-4-10;/h5-20,22-31H,1-4H3;2-3,5-8H,1H3;/q2*-1;/i;1D3;. The first-order chi connectivity index (χ1) is 34.8. The van der Waals surface area contributed by atoms with Crippen molar-refractivity contribution >= 4 is 54.5 Å². The van der Waals surface area contributed by atoms with Crippen LogP contribution in [-0.4, -0.2) is 14.5 Å². The predicted octanol–water partition coefficient (Wildman–Crippen LogP) is 17.4. The summed E-state index contributed by atoms with van der Waals surface area (Å²) in [7, 11) is 0. The van der Waals surface area contributed by atoms with Gasteiger partial charge in [-0.15, -0.1) is 48.0 Å². The average molecular weight is 1100 g/mol. The SMILES string of the molecule is CC(C)c1cc(-c2ccccc2)cc(C(C)C)c1-n1c(-c2[c-]ccc3c2oc2cc4c(-c5ccccc5)c(F)ccc4cc23)nc2ccc3ccccc3c21.[2H]C([2H])([2H])c1ccc(-c2[c-]cc(F)cc2)nc1.[Ir]. The van der Waals surface area contributed by atoms with Crippen LogP contribution in [0.4, 0.5) is 8.78 Å². The minimum absolute atomic E-state index is 0. The van der Waals surface area contributed by atoms with E-state index < -0.39 is 6.85 Å². The maximum atomic E-state index is 15.6. The minimum Gasteiger partial charge on any atom is -0.501 e. The molecule has 4 nitrogen and oxygen atoms in total. The molecule has 0 saturated heterocycles. The van der Waals surface area contributed by atoms with E-state index in [9.17, 15) is 4.39 Å². The quantitative estimate of drug-likeness (QED) is 0.149. The van der Waals surface area contributed by atoms with Crippen LogP contribution in [0.2, 0.25) is 0 Å². The maximum Gasteiger partial charge on any atom is 0.131 e. The Hall–Kier alpha value is -7.57. The molecule has 1 radical (unpaired) electrons. The third kappa shape index (κ3) is 8.40. The van der Waals surface area contributed by atoms with E-state index in [1.807, 2.05) is 48.5 Å². The number of imidazole rings is 1. The molecule has 9 aromatic carbocycles. The number of nitrogens with zero attached hydrogens (tertiary/aromatic N) is 3. The van der Waals surface area contributed by atoms with Gasteiger partial charge >= 0.3 is 0 Å². The van der Waals surface area contributed by atoms with Crippen LogP contribution in [-0.2, 0) is 20.1 Å². The van der Waals surface area contributed by atoms with Crippen LogP contribution in [0.5, 0.6) is 0 Å². The van der Waals surface area contributed by atoms with Crippen molar-refractivity contribution in [1.82, 2.24) is 14.5 Å². The van der Waals surface area contributed by atoms with Crippen molar-refractivity contribution in [2.24, 2.45) is 0 Å². The molecule has 3 heterocycles. The largest absolute Gasteiger partial charge is 0.501 e. The van der Waals surface area contributed by atoms with E-state index in [2.05, 4.69) is 140 Å². The number of hydrogen-bond donors (Lipinski definition) is 0. The zero-order chi connectivity index (χ0) is 49.8. The molecule has 7 heteroatoms. The van der Waals surface area contributed by atoms with E-state index in [-0.39, 0.29) is 49.1 Å². The van der Waals surface area contributed by atoms with Gasteiger partial charge in [0, 0.05) is 58.3 Å². The smallest absolute Gasteiger partial charge is 0.131 e. The number of aromatic nitrogens is 3. The summed E-state index contributed by atoms with van der Waals surface area (Å²) < 4.78 is 59.2. The number of benzene rings is 9. The summed E-state index contributed by atoms with van der Waals surface area (Å²) in [5, 5.41) is 5.98. The van der Waals surface area contributed by atoms with Gasteiger partial charge in [-0.25, -0.2) is 4.39 Å². The van der Waals surface area contributed by atoms with Gasteiger partial charge in [0.25, 0.3) is 0 Å². The topological polar surface area (TPSA) is 43.9 Å². The third-order valence-electron chi connectivity index (χ3n) is 12.9. The van der Waals surface area contributed by atoms with Crippen molar-refractivity contribution in [3.8, 4) is 50.6 Å². The molecule has 3 aromatic heterocycles. The maximum absolute atomic E-state index is 15.6. The van der Waals surface area contributed by atoms with Crippen LogP contribution in [0.1, 0.15) is 60.3 Å². The van der Waals surface area contributed by atoms with Crippen LogP contribution < -0.4 is 0 Å². The van der Waals surface area contributed by atoms with Crippen LogP contribution in [0.15, 0.2) is 187 Å². The van der Waals surface area contributed by atoms with Crippen LogP contribution in [0.25, 0.3) is 105 Å². The van der Waals surface area contributed by atoms with Crippen LogP contribution in [0.3, 0.4) is 0 Å². The molecular weight excluding hydrogens is 1040 g/mol. The summed E-state index contributed by atoms with van der Waals surface area (Å²) >= 11 is 0. The number of halogens is 2. The zero-order valence-corrected chi connectivity index (χ0v) is 41.2. The van der Waals surface area contributed by atoms with E-state index in [1.165, 1.54) is 46.6 Å². The van der Waals surface area contributed by atoms with Crippen LogP contribution >= 0.6 is 0 Å². The monoisotopic (exact) mass is 1100 g/mol. The molecule has 12 rings (SSSR count). The number of aryl methyl sites for hydroxylation is 1. The molecule has 12 aromatic rings. The Morgan fingerprint density at radius 3 is 2.03 bits per heavy atom. The minimum atomic E-state index is -2.15. The third-order valence-corrected chi connectivity index (χ3v) is 12.9. The van der Waals surface area contributed by atoms with Crippen molar-refractivity contribution in [3.05, 3.63) is 223 Å². The summed E-state index contributed by atoms with van der Waals surface area (Å²) in [5.41, 5.74) is 13.0. The van der Waals surface area contributed by atoms with Crippen molar-refractivity contribution in [1.29, 1.82) is 0 Å². The molecule has 0 aliphatic rings. The van der Waals surface area contributed by atoms with Crippen LogP contribution in [0, 0.1) is 30.6 Å². The average Bonchev–Trinajstić information content (AvgIpc) is 3.97. The second-order valence-electron chi connectivity index (χ2n) is 18.0. The first-order valence-corrected chi connectivity index (χ1v) is 23.2. The van der Waals surface area contributed by atoms with Gasteiger partial charge in [-0.2, -0.15) is 0 Å². The van der Waals surface area contributed by atoms with Gasteiger partial charge in [-0.3, -0.25) is 9.37 Å². The molecule has 0 amide bonds. The fourth-order valence-corrected chi connectivity index (χ4v) is 9.56. The Bertz CT molecular complexity index is 3950. The van der Waals surface area contributed by atoms with E-state index in [1.54, 1.807) is 18.2 Å². The van der Waals surface area contributed by atoms with E-state index in [4.69, 9.17) is 13.5 Å². The Kier molecular flexibility index (Phi) is 11.6. The van der Waals surface area contributed by atoms with E-state index in [0.717, 1.165) is 66.0 Å². The summed E-state index contributed by atoms with van der Waals surface area (Å²) in [6.45, 7) is 6.95. The molecule has 0 unspecified atom stereocenters. The molecule has 0 spiro atoms. The van der Waals surface area contributed by atoms with Gasteiger partial charge in [-0.1, -0.05) is 148 Å². The number of hydrogen-bond acceptors (Lipinski definition) is 3. The van der Waals surface area contributed by atoms with E-state index >= 15 is 4.39 Å². The van der Waals surface area contributed by atoms with E-state index in [0.29, 0.717) is 28.0 Å². The molecule has 0 atom stereocenters. The molecule has 0 N–H and O–H groups in total. The summed E-state index contributed by atoms with van der Waals surface area (Å²) in [6.07, 6.45) is 1.31. The van der Waals surface area contributed by atoms with Gasteiger partial charge in [0.1, 0.15) is 11.4 Å². The van der Waals surface area contributed by atoms with Gasteiger partial charge in [0.05, 0.1) is 22.4 Å². The second-order valence-corrected chi connectivity index (χ2v) is 18.0. The van der Waals surface area contributed by atoms with Crippen molar-refractivity contribution in [2.75, 3.05) is 0 Å². The molecule has 0 aliphatic carbocycles. The summed E-state index contributed by atoms with van der Waals surface area (Å²) in [6, 6.07) is 63.0. The van der Waals surface area contributed by atoms with Gasteiger partial charge < -0.3 is 14.0 Å². The molecule has 0 saturated carbocycles. The molecule has 70 heavy (non-hydrogen) atoms. The Morgan fingerprint density at radius 2 is 1.34 bits per heavy atom. The Labute approximate surface area is 423 Å². The predicted molar refractivity (Wildman–Crippen MR) is 280 cm³/mol. The van der Waals surface area contributed by atoms with Gasteiger partial charge in [0.15, 0.2) is 0 Å². The second kappa shape index (κ2) is 19.1. The molecule has 345 valence electrons. The number of pyridine rings is 1. The normalized spacial score (nSPS) is 12.3. The molecule has 0 aliphatic heterocycles.